The molecule has 2 aromatic rings. The second kappa shape index (κ2) is 9.42. The summed E-state index contributed by atoms with van der Waals surface area (Å²) in [5.41, 5.74) is 1.08. The molecule has 2 aromatic carbocycles. The van der Waals surface area contributed by atoms with Gasteiger partial charge in [-0.25, -0.2) is 4.90 Å². The zero-order valence-corrected chi connectivity index (χ0v) is 20.6. The first-order valence-corrected chi connectivity index (χ1v) is 12.4. The van der Waals surface area contributed by atoms with E-state index in [1.165, 1.54) is 21.9 Å². The molecule has 1 aliphatic carbocycles. The van der Waals surface area contributed by atoms with Crippen molar-refractivity contribution in [2.75, 3.05) is 16.3 Å². The lowest BCUT2D eigenvalue weighted by Crippen LogP contribution is -2.31. The van der Waals surface area contributed by atoms with Crippen molar-refractivity contribution in [3.05, 3.63) is 58.1 Å². The number of esters is 1. The van der Waals surface area contributed by atoms with Crippen molar-refractivity contribution in [1.82, 2.24) is 0 Å². The number of anilines is 2. The molecule has 0 radical (unpaired) electrons. The van der Waals surface area contributed by atoms with Gasteiger partial charge in [0.25, 0.3) is 5.69 Å². The number of benzene rings is 2. The van der Waals surface area contributed by atoms with E-state index >= 15 is 0 Å². The lowest BCUT2D eigenvalue weighted by molar-refractivity contribution is -0.385. The minimum atomic E-state index is -0.768. The van der Waals surface area contributed by atoms with Gasteiger partial charge in [-0.3, -0.25) is 29.3 Å². The largest absolute Gasteiger partial charge is 0.426 e. The number of nitrogens with zero attached hydrogens (tertiary/aromatic N) is 3. The number of aryl methyl sites for hydroxylation is 1. The topological polar surface area (TPSA) is 127 Å². The monoisotopic (exact) mass is 505 g/mol. The first kappa shape index (κ1) is 24.6. The Labute approximate surface area is 213 Å². The summed E-state index contributed by atoms with van der Waals surface area (Å²) in [6.45, 7) is 3.73. The van der Waals surface area contributed by atoms with Crippen LogP contribution in [0.3, 0.4) is 0 Å². The summed E-state index contributed by atoms with van der Waals surface area (Å²) in [7, 11) is 0. The van der Waals surface area contributed by atoms with Gasteiger partial charge in [-0.05, 0) is 50.3 Å². The molecule has 1 saturated carbocycles. The maximum atomic E-state index is 13.0. The van der Waals surface area contributed by atoms with Gasteiger partial charge in [0.05, 0.1) is 34.1 Å². The predicted molar refractivity (Wildman–Crippen MR) is 133 cm³/mol. The molecule has 0 N–H and O–H groups in total. The molecule has 3 fully saturated rings. The van der Waals surface area contributed by atoms with Crippen molar-refractivity contribution < 1.29 is 28.8 Å². The Morgan fingerprint density at radius 1 is 1.03 bits per heavy atom. The normalized spacial score (nSPS) is 25.4. The minimum Gasteiger partial charge on any atom is -0.426 e. The van der Waals surface area contributed by atoms with E-state index in [4.69, 9.17) is 4.74 Å². The van der Waals surface area contributed by atoms with Gasteiger partial charge in [0.2, 0.25) is 17.7 Å². The van der Waals surface area contributed by atoms with Gasteiger partial charge in [-0.1, -0.05) is 19.1 Å². The summed E-state index contributed by atoms with van der Waals surface area (Å²) in [4.78, 5) is 64.9. The number of hydrogen-bond donors (Lipinski definition) is 0. The average Bonchev–Trinajstić information content (AvgIpc) is 3.36. The van der Waals surface area contributed by atoms with Crippen LogP contribution >= 0.6 is 0 Å². The summed E-state index contributed by atoms with van der Waals surface area (Å²) >= 11 is 0. The molecule has 10 heteroatoms. The van der Waals surface area contributed by atoms with Gasteiger partial charge in [-0.15, -0.1) is 0 Å². The van der Waals surface area contributed by atoms with Crippen LogP contribution in [0.5, 0.6) is 5.75 Å². The SMILES string of the molecule is Cc1ccc(N2C[C@H](C(=O)Oc3cccc(N4C(=O)[C@@H]5CC[C@@H](C)C[C@H]5C4=O)c3)CC2=O)cc1[N+](=O)[O-]. The number of ether oxygens (including phenoxy) is 1. The molecule has 2 saturated heterocycles. The highest BCUT2D eigenvalue weighted by Crippen LogP contribution is 2.42. The maximum absolute atomic E-state index is 13.0. The standard InChI is InChI=1S/C27H27N3O7/c1-15-6-9-21-22(10-15)26(33)29(25(21)32)19-4-3-5-20(12-19)37-27(34)17-11-24(31)28(14-17)18-8-7-16(2)23(13-18)30(35)36/h3-5,7-8,12-13,15,17,21-22H,6,9-11,14H2,1-2H3/t15-,17-,21-,22-/m1/s1. The van der Waals surface area contributed by atoms with E-state index in [1.54, 1.807) is 37.3 Å². The third kappa shape index (κ3) is 4.47. The molecular weight excluding hydrogens is 478 g/mol. The van der Waals surface area contributed by atoms with Crippen LogP contribution in [0.2, 0.25) is 0 Å². The molecule has 37 heavy (non-hydrogen) atoms. The van der Waals surface area contributed by atoms with Crippen molar-refractivity contribution in [3.8, 4) is 5.75 Å². The van der Waals surface area contributed by atoms with Gasteiger partial charge < -0.3 is 9.64 Å². The summed E-state index contributed by atoms with van der Waals surface area (Å²) < 4.78 is 5.54. The number of carbonyl (C=O) groups excluding carboxylic acids is 4. The van der Waals surface area contributed by atoms with Gasteiger partial charge >= 0.3 is 5.97 Å². The number of nitro groups is 1. The third-order valence-electron chi connectivity index (χ3n) is 7.64. The Morgan fingerprint density at radius 2 is 1.78 bits per heavy atom. The van der Waals surface area contributed by atoms with Crippen LogP contribution in [0.4, 0.5) is 17.1 Å². The molecule has 5 rings (SSSR count). The first-order valence-electron chi connectivity index (χ1n) is 12.4. The first-order chi connectivity index (χ1) is 17.6. The molecule has 3 amide bonds. The molecule has 2 aliphatic heterocycles. The van der Waals surface area contributed by atoms with Crippen molar-refractivity contribution in [1.29, 1.82) is 0 Å². The second-order valence-electron chi connectivity index (χ2n) is 10.2. The van der Waals surface area contributed by atoms with Gasteiger partial charge in [0.15, 0.2) is 0 Å². The molecule has 0 spiro atoms. The number of rotatable bonds is 5. The van der Waals surface area contributed by atoms with E-state index in [-0.39, 0.29) is 54.0 Å². The summed E-state index contributed by atoms with van der Waals surface area (Å²) in [6.07, 6.45) is 2.21. The lowest BCUT2D eigenvalue weighted by Gasteiger charge is -2.25. The average molecular weight is 506 g/mol. The van der Waals surface area contributed by atoms with Crippen molar-refractivity contribution in [3.63, 3.8) is 0 Å². The van der Waals surface area contributed by atoms with Crippen molar-refractivity contribution >= 4 is 40.8 Å². The zero-order chi connectivity index (χ0) is 26.4. The van der Waals surface area contributed by atoms with E-state index in [9.17, 15) is 29.3 Å². The van der Waals surface area contributed by atoms with Crippen LogP contribution in [-0.2, 0) is 19.2 Å². The van der Waals surface area contributed by atoms with Crippen LogP contribution in [-0.4, -0.2) is 35.2 Å². The summed E-state index contributed by atoms with van der Waals surface area (Å²) in [6, 6.07) is 10.8. The van der Waals surface area contributed by atoms with Crippen LogP contribution in [0.15, 0.2) is 42.5 Å². The number of nitro benzene ring substituents is 1. The van der Waals surface area contributed by atoms with E-state index in [0.717, 1.165) is 6.42 Å². The number of hydrogen-bond acceptors (Lipinski definition) is 7. The lowest BCUT2D eigenvalue weighted by atomic mass is 9.76. The van der Waals surface area contributed by atoms with Gasteiger partial charge in [0, 0.05) is 30.7 Å². The Bertz CT molecular complexity index is 1320. The van der Waals surface area contributed by atoms with Crippen LogP contribution < -0.4 is 14.5 Å². The number of amides is 3. The van der Waals surface area contributed by atoms with Gasteiger partial charge in [0.1, 0.15) is 5.75 Å². The second-order valence-corrected chi connectivity index (χ2v) is 10.2. The Balaban J connectivity index is 1.29. The highest BCUT2D eigenvalue weighted by Gasteiger charge is 2.50. The van der Waals surface area contributed by atoms with Crippen LogP contribution in [0.25, 0.3) is 0 Å². The molecule has 0 aromatic heterocycles. The summed E-state index contributed by atoms with van der Waals surface area (Å²) in [5, 5.41) is 11.3. The quantitative estimate of drug-likeness (QED) is 0.199. The molecule has 0 bridgehead atoms. The zero-order valence-electron chi connectivity index (χ0n) is 20.6. The van der Waals surface area contributed by atoms with Crippen LogP contribution in [0.1, 0.15) is 38.2 Å². The predicted octanol–water partition coefficient (Wildman–Crippen LogP) is 3.79. The maximum Gasteiger partial charge on any atom is 0.316 e. The molecule has 4 atom stereocenters. The van der Waals surface area contributed by atoms with E-state index < -0.39 is 16.8 Å². The molecule has 192 valence electrons. The Hall–Kier alpha value is -4.08. The van der Waals surface area contributed by atoms with Crippen molar-refractivity contribution in [2.24, 2.45) is 23.7 Å². The van der Waals surface area contributed by atoms with E-state index in [0.29, 0.717) is 35.7 Å². The Kier molecular flexibility index (Phi) is 6.26. The fourth-order valence-corrected chi connectivity index (χ4v) is 5.61. The number of carbonyl (C=O) groups is 4. The fraction of sp³-hybridized carbons (Fsp3) is 0.407. The molecular formula is C27H27N3O7. The number of fused-ring (bicyclic) bond motifs is 1. The van der Waals surface area contributed by atoms with E-state index in [1.807, 2.05) is 0 Å². The molecule has 3 aliphatic rings. The molecule has 10 nitrogen and oxygen atoms in total. The fourth-order valence-electron chi connectivity index (χ4n) is 5.61. The number of imide groups is 1. The van der Waals surface area contributed by atoms with Crippen molar-refractivity contribution in [2.45, 2.75) is 39.5 Å². The summed E-state index contributed by atoms with van der Waals surface area (Å²) in [5.74, 6) is -2.21. The minimum absolute atomic E-state index is 0.0300. The van der Waals surface area contributed by atoms with Crippen LogP contribution in [0, 0.1) is 40.7 Å². The highest BCUT2D eigenvalue weighted by atomic mass is 16.6. The highest BCUT2D eigenvalue weighted by molar-refractivity contribution is 6.22. The smallest absolute Gasteiger partial charge is 0.316 e. The third-order valence-corrected chi connectivity index (χ3v) is 7.64. The molecule has 2 heterocycles. The molecule has 0 unspecified atom stereocenters. The Morgan fingerprint density at radius 3 is 2.54 bits per heavy atom. The van der Waals surface area contributed by atoms with E-state index in [2.05, 4.69) is 6.92 Å². The van der Waals surface area contributed by atoms with Gasteiger partial charge in [-0.2, -0.15) is 0 Å².